The van der Waals surface area contributed by atoms with Gasteiger partial charge in [-0.15, -0.1) is 11.3 Å². The summed E-state index contributed by atoms with van der Waals surface area (Å²) in [6.45, 7) is 6.22. The summed E-state index contributed by atoms with van der Waals surface area (Å²) in [5.74, 6) is 0.489. The Morgan fingerprint density at radius 2 is 1.79 bits per heavy atom. The Labute approximate surface area is 198 Å². The fourth-order valence-corrected chi connectivity index (χ4v) is 5.74. The molecule has 174 valence electrons. The Hall–Kier alpha value is -2.71. The van der Waals surface area contributed by atoms with E-state index in [9.17, 15) is 4.79 Å². The number of esters is 1. The van der Waals surface area contributed by atoms with Gasteiger partial charge < -0.3 is 19.9 Å². The molecule has 1 saturated heterocycles. The summed E-state index contributed by atoms with van der Waals surface area (Å²) >= 11 is 1.39. The van der Waals surface area contributed by atoms with E-state index in [1.165, 1.54) is 23.4 Å². The van der Waals surface area contributed by atoms with Crippen LogP contribution in [0, 0.1) is 6.92 Å². The van der Waals surface area contributed by atoms with Crippen molar-refractivity contribution in [1.29, 1.82) is 0 Å². The zero-order valence-corrected chi connectivity index (χ0v) is 20.2. The Morgan fingerprint density at radius 3 is 2.52 bits per heavy atom. The van der Waals surface area contributed by atoms with Gasteiger partial charge in [-0.05, 0) is 69.5 Å². The highest BCUT2D eigenvalue weighted by molar-refractivity contribution is 7.20. The van der Waals surface area contributed by atoms with Crippen molar-refractivity contribution in [2.45, 2.75) is 45.1 Å². The van der Waals surface area contributed by atoms with Crippen molar-refractivity contribution in [3.8, 4) is 0 Å². The Bertz CT molecular complexity index is 1120. The first-order valence-corrected chi connectivity index (χ1v) is 12.7. The van der Waals surface area contributed by atoms with Gasteiger partial charge in [0.25, 0.3) is 0 Å². The Morgan fingerprint density at radius 1 is 1.06 bits per heavy atom. The molecule has 1 saturated carbocycles. The number of anilines is 3. The third-order valence-corrected chi connectivity index (χ3v) is 7.92. The van der Waals surface area contributed by atoms with E-state index in [1.54, 1.807) is 6.33 Å². The van der Waals surface area contributed by atoms with Crippen LogP contribution in [0.25, 0.3) is 10.2 Å². The first-order valence-electron chi connectivity index (χ1n) is 11.8. The van der Waals surface area contributed by atoms with Crippen LogP contribution in [0.1, 0.15) is 47.3 Å². The zero-order valence-electron chi connectivity index (χ0n) is 19.3. The van der Waals surface area contributed by atoms with Gasteiger partial charge in [0.15, 0.2) is 0 Å². The van der Waals surface area contributed by atoms with Crippen LogP contribution in [0.5, 0.6) is 0 Å². The highest BCUT2D eigenvalue weighted by Crippen LogP contribution is 2.35. The molecule has 2 aromatic heterocycles. The molecule has 33 heavy (non-hydrogen) atoms. The predicted octanol–water partition coefficient (Wildman–Crippen LogP) is 4.98. The standard InChI is InChI=1S/C25H31N5O2S/c1-17-21-23(28-18-8-10-19(11-9-18)30-14-12-29(2)13-15-30)26-16-27-24(21)33-22(17)25(31)32-20-6-4-3-5-7-20/h8-11,16,20H,3-7,12-15H2,1-2H3,(H,26,27,28). The summed E-state index contributed by atoms with van der Waals surface area (Å²) in [6.07, 6.45) is 7.02. The topological polar surface area (TPSA) is 70.6 Å². The van der Waals surface area contributed by atoms with Crippen LogP contribution < -0.4 is 10.2 Å². The first-order chi connectivity index (χ1) is 16.1. The van der Waals surface area contributed by atoms with Gasteiger partial charge >= 0.3 is 5.97 Å². The van der Waals surface area contributed by atoms with Crippen molar-refractivity contribution >= 4 is 44.7 Å². The monoisotopic (exact) mass is 465 g/mol. The molecule has 0 amide bonds. The van der Waals surface area contributed by atoms with Gasteiger partial charge in [0.1, 0.15) is 28.0 Å². The zero-order chi connectivity index (χ0) is 22.8. The van der Waals surface area contributed by atoms with E-state index in [-0.39, 0.29) is 12.1 Å². The van der Waals surface area contributed by atoms with E-state index < -0.39 is 0 Å². The molecule has 5 rings (SSSR count). The van der Waals surface area contributed by atoms with E-state index in [1.807, 2.05) is 6.92 Å². The number of fused-ring (bicyclic) bond motifs is 1. The molecule has 0 spiro atoms. The average Bonchev–Trinajstić information content (AvgIpc) is 3.18. The SMILES string of the molecule is Cc1c(C(=O)OC2CCCCC2)sc2ncnc(Nc3ccc(N4CCN(C)CC4)cc3)c12. The third kappa shape index (κ3) is 4.82. The van der Waals surface area contributed by atoms with E-state index in [4.69, 9.17) is 4.74 Å². The van der Waals surface area contributed by atoms with E-state index in [2.05, 4.69) is 56.4 Å². The largest absolute Gasteiger partial charge is 0.458 e. The fraction of sp³-hybridized carbons (Fsp3) is 0.480. The molecule has 3 aromatic rings. The van der Waals surface area contributed by atoms with Crippen molar-refractivity contribution < 1.29 is 9.53 Å². The maximum atomic E-state index is 12.9. The second-order valence-electron chi connectivity index (χ2n) is 9.09. The van der Waals surface area contributed by atoms with Gasteiger partial charge in [-0.2, -0.15) is 0 Å². The number of rotatable bonds is 5. The molecule has 1 N–H and O–H groups in total. The van der Waals surface area contributed by atoms with E-state index in [0.29, 0.717) is 4.88 Å². The molecule has 3 heterocycles. The number of hydrogen-bond donors (Lipinski definition) is 1. The van der Waals surface area contributed by atoms with Crippen molar-refractivity contribution in [3.05, 3.63) is 41.0 Å². The molecule has 2 aliphatic rings. The quantitative estimate of drug-likeness (QED) is 0.533. The number of carbonyl (C=O) groups is 1. The molecule has 7 nitrogen and oxygen atoms in total. The van der Waals surface area contributed by atoms with Crippen LogP contribution in [0.3, 0.4) is 0 Å². The van der Waals surface area contributed by atoms with Gasteiger partial charge in [0.05, 0.1) is 5.39 Å². The highest BCUT2D eigenvalue weighted by Gasteiger charge is 2.24. The second kappa shape index (κ2) is 9.65. The smallest absolute Gasteiger partial charge is 0.348 e. The molecule has 0 radical (unpaired) electrons. The van der Waals surface area contributed by atoms with Crippen LogP contribution >= 0.6 is 11.3 Å². The number of benzene rings is 1. The van der Waals surface area contributed by atoms with Crippen molar-refractivity contribution in [2.75, 3.05) is 43.4 Å². The Kier molecular flexibility index (Phi) is 6.46. The summed E-state index contributed by atoms with van der Waals surface area (Å²) in [5, 5.41) is 4.33. The molecule has 0 bridgehead atoms. The summed E-state index contributed by atoms with van der Waals surface area (Å²) in [4.78, 5) is 28.0. The molecule has 8 heteroatoms. The first kappa shape index (κ1) is 22.1. The average molecular weight is 466 g/mol. The predicted molar refractivity (Wildman–Crippen MR) is 134 cm³/mol. The van der Waals surface area contributed by atoms with Crippen molar-refractivity contribution in [1.82, 2.24) is 14.9 Å². The molecule has 0 atom stereocenters. The van der Waals surface area contributed by atoms with Crippen LogP contribution in [0.15, 0.2) is 30.6 Å². The number of carbonyl (C=O) groups excluding carboxylic acids is 1. The maximum Gasteiger partial charge on any atom is 0.348 e. The number of piperazine rings is 1. The number of nitrogens with one attached hydrogen (secondary N) is 1. The number of ether oxygens (including phenoxy) is 1. The number of aryl methyl sites for hydroxylation is 1. The highest BCUT2D eigenvalue weighted by atomic mass is 32.1. The number of thiophene rings is 1. The van der Waals surface area contributed by atoms with Crippen LogP contribution in [0.4, 0.5) is 17.2 Å². The molecular weight excluding hydrogens is 434 g/mol. The number of aromatic nitrogens is 2. The third-order valence-electron chi connectivity index (χ3n) is 6.74. The normalized spacial score (nSPS) is 17.9. The van der Waals surface area contributed by atoms with Crippen molar-refractivity contribution in [3.63, 3.8) is 0 Å². The number of hydrogen-bond acceptors (Lipinski definition) is 8. The lowest BCUT2D eigenvalue weighted by Crippen LogP contribution is -2.44. The van der Waals surface area contributed by atoms with Crippen molar-refractivity contribution in [2.24, 2.45) is 0 Å². The Balaban J connectivity index is 1.34. The maximum absolute atomic E-state index is 12.9. The molecule has 1 aliphatic heterocycles. The minimum absolute atomic E-state index is 0.0401. The van der Waals surface area contributed by atoms with Gasteiger partial charge in [0.2, 0.25) is 0 Å². The molecule has 0 unspecified atom stereocenters. The van der Waals surface area contributed by atoms with Gasteiger partial charge in [-0.1, -0.05) is 6.42 Å². The lowest BCUT2D eigenvalue weighted by molar-refractivity contribution is 0.0216. The van der Waals surface area contributed by atoms with Gasteiger partial charge in [0, 0.05) is 37.6 Å². The lowest BCUT2D eigenvalue weighted by Gasteiger charge is -2.34. The van der Waals surface area contributed by atoms with E-state index in [0.717, 1.165) is 79.1 Å². The van der Waals surface area contributed by atoms with Gasteiger partial charge in [-0.3, -0.25) is 0 Å². The van der Waals surface area contributed by atoms with Crippen LogP contribution in [-0.2, 0) is 4.74 Å². The van der Waals surface area contributed by atoms with Gasteiger partial charge in [-0.25, -0.2) is 14.8 Å². The molecule has 1 aromatic carbocycles. The summed E-state index contributed by atoms with van der Waals surface area (Å²) in [7, 11) is 2.17. The minimum atomic E-state index is -0.232. The summed E-state index contributed by atoms with van der Waals surface area (Å²) < 4.78 is 5.82. The summed E-state index contributed by atoms with van der Waals surface area (Å²) in [6, 6.07) is 8.47. The fourth-order valence-electron chi connectivity index (χ4n) is 4.71. The van der Waals surface area contributed by atoms with Crippen LogP contribution in [0.2, 0.25) is 0 Å². The lowest BCUT2D eigenvalue weighted by atomic mass is 9.98. The summed E-state index contributed by atoms with van der Waals surface area (Å²) in [5.41, 5.74) is 3.08. The molecular formula is C25H31N5O2S. The van der Waals surface area contributed by atoms with Crippen LogP contribution in [-0.4, -0.2) is 60.2 Å². The number of nitrogens with zero attached hydrogens (tertiary/aromatic N) is 4. The molecule has 1 aliphatic carbocycles. The molecule has 2 fully saturated rings. The minimum Gasteiger partial charge on any atom is -0.458 e. The van der Waals surface area contributed by atoms with E-state index >= 15 is 0 Å². The second-order valence-corrected chi connectivity index (χ2v) is 10.1. The number of likely N-dealkylation sites (N-methyl/N-ethyl adjacent to an activating group) is 1.